The number of halogens is 3. The fraction of sp³-hybridized carbons (Fsp3) is 0.400. The van der Waals surface area contributed by atoms with E-state index < -0.39 is 23.6 Å². The molecule has 1 aliphatic heterocycles. The zero-order valence-electron chi connectivity index (χ0n) is 13.9. The van der Waals surface area contributed by atoms with Crippen molar-refractivity contribution in [3.8, 4) is 11.1 Å². The average molecular weight is 334 g/mol. The first-order valence-corrected chi connectivity index (χ1v) is 8.39. The number of benzene rings is 2. The number of hydrogen-bond acceptors (Lipinski definition) is 1. The normalized spacial score (nSPS) is 21.0. The summed E-state index contributed by atoms with van der Waals surface area (Å²) in [7, 11) is 0. The van der Waals surface area contributed by atoms with Crippen LogP contribution >= 0.6 is 0 Å². The topological polar surface area (TPSA) is 9.23 Å². The summed E-state index contributed by atoms with van der Waals surface area (Å²) in [5.74, 6) is -1.80. The molecule has 0 amide bonds. The van der Waals surface area contributed by atoms with Gasteiger partial charge in [0.25, 0.3) is 0 Å². The molecule has 1 saturated heterocycles. The molecule has 0 aliphatic carbocycles. The SMILES string of the molecule is CCc1ccc(-c2ccc(C3CCC(C)CO3)c(F)c2F)cc1F. The maximum Gasteiger partial charge on any atom is 0.167 e. The first-order valence-electron chi connectivity index (χ1n) is 8.39. The van der Waals surface area contributed by atoms with Crippen molar-refractivity contribution in [2.45, 2.75) is 39.2 Å². The highest BCUT2D eigenvalue weighted by Crippen LogP contribution is 2.35. The fourth-order valence-electron chi connectivity index (χ4n) is 3.17. The van der Waals surface area contributed by atoms with Crippen LogP contribution in [0.2, 0.25) is 0 Å². The third-order valence-electron chi connectivity index (χ3n) is 4.71. The van der Waals surface area contributed by atoms with Crippen molar-refractivity contribution in [1.82, 2.24) is 0 Å². The predicted octanol–water partition coefficient (Wildman–Crippen LogP) is 5.82. The second kappa shape index (κ2) is 6.98. The molecule has 4 heteroatoms. The highest BCUT2D eigenvalue weighted by Gasteiger charge is 2.25. The molecule has 128 valence electrons. The zero-order valence-corrected chi connectivity index (χ0v) is 13.9. The van der Waals surface area contributed by atoms with Crippen LogP contribution in [0.15, 0.2) is 30.3 Å². The van der Waals surface area contributed by atoms with E-state index >= 15 is 0 Å². The van der Waals surface area contributed by atoms with E-state index in [0.717, 1.165) is 6.42 Å². The Morgan fingerprint density at radius 2 is 1.83 bits per heavy atom. The van der Waals surface area contributed by atoms with Gasteiger partial charge in [-0.15, -0.1) is 0 Å². The molecule has 1 heterocycles. The summed E-state index contributed by atoms with van der Waals surface area (Å²) in [4.78, 5) is 0. The Balaban J connectivity index is 1.94. The van der Waals surface area contributed by atoms with Gasteiger partial charge in [0.05, 0.1) is 6.10 Å². The lowest BCUT2D eigenvalue weighted by molar-refractivity contribution is -0.0144. The largest absolute Gasteiger partial charge is 0.373 e. The van der Waals surface area contributed by atoms with E-state index in [-0.39, 0.29) is 11.1 Å². The van der Waals surface area contributed by atoms with Crippen LogP contribution in [0.25, 0.3) is 11.1 Å². The molecular formula is C20H21F3O. The third-order valence-corrected chi connectivity index (χ3v) is 4.71. The van der Waals surface area contributed by atoms with Crippen molar-refractivity contribution in [2.75, 3.05) is 6.61 Å². The highest BCUT2D eigenvalue weighted by atomic mass is 19.2. The van der Waals surface area contributed by atoms with Crippen molar-refractivity contribution >= 4 is 0 Å². The summed E-state index contributed by atoms with van der Waals surface area (Å²) in [5.41, 5.74) is 1.21. The summed E-state index contributed by atoms with van der Waals surface area (Å²) in [6, 6.07) is 7.56. The highest BCUT2D eigenvalue weighted by molar-refractivity contribution is 5.65. The van der Waals surface area contributed by atoms with Crippen LogP contribution in [0.3, 0.4) is 0 Å². The first kappa shape index (κ1) is 17.0. The van der Waals surface area contributed by atoms with Crippen LogP contribution in [0.4, 0.5) is 13.2 Å². The maximum absolute atomic E-state index is 14.5. The van der Waals surface area contributed by atoms with E-state index in [4.69, 9.17) is 4.74 Å². The van der Waals surface area contributed by atoms with Crippen LogP contribution in [0.1, 0.15) is 43.9 Å². The Morgan fingerprint density at radius 3 is 2.46 bits per heavy atom. The third kappa shape index (κ3) is 3.20. The maximum atomic E-state index is 14.5. The summed E-state index contributed by atoms with van der Waals surface area (Å²) in [5, 5.41) is 0. The predicted molar refractivity (Wildman–Crippen MR) is 88.2 cm³/mol. The smallest absolute Gasteiger partial charge is 0.167 e. The molecule has 0 bridgehead atoms. The zero-order chi connectivity index (χ0) is 17.3. The lowest BCUT2D eigenvalue weighted by atomic mass is 9.93. The first-order chi connectivity index (χ1) is 11.5. The molecule has 24 heavy (non-hydrogen) atoms. The molecule has 0 spiro atoms. The van der Waals surface area contributed by atoms with Crippen molar-refractivity contribution in [2.24, 2.45) is 5.92 Å². The molecule has 2 aromatic rings. The standard InChI is InChI=1S/C20H21F3O/c1-3-13-5-6-14(10-17(13)21)15-7-8-16(20(23)19(15)22)18-9-4-12(2)11-24-18/h5-8,10,12,18H,3-4,9,11H2,1-2H3. The molecule has 1 aliphatic rings. The van der Waals surface area contributed by atoms with Gasteiger partial charge in [0.2, 0.25) is 0 Å². The van der Waals surface area contributed by atoms with E-state index in [9.17, 15) is 13.2 Å². The minimum absolute atomic E-state index is 0.0713. The van der Waals surface area contributed by atoms with Gasteiger partial charge in [-0.05, 0) is 42.4 Å². The molecule has 0 aromatic heterocycles. The number of aryl methyl sites for hydroxylation is 1. The Kier molecular flexibility index (Phi) is 4.95. The minimum atomic E-state index is -0.946. The van der Waals surface area contributed by atoms with Crippen LogP contribution in [0.5, 0.6) is 0 Å². The van der Waals surface area contributed by atoms with Gasteiger partial charge in [-0.25, -0.2) is 13.2 Å². The van der Waals surface area contributed by atoms with Crippen molar-refractivity contribution in [1.29, 1.82) is 0 Å². The van der Waals surface area contributed by atoms with Gasteiger partial charge in [0.1, 0.15) is 5.82 Å². The van der Waals surface area contributed by atoms with E-state index in [0.29, 0.717) is 36.5 Å². The fourth-order valence-corrected chi connectivity index (χ4v) is 3.17. The molecule has 1 fully saturated rings. The van der Waals surface area contributed by atoms with E-state index in [2.05, 4.69) is 6.92 Å². The van der Waals surface area contributed by atoms with Gasteiger partial charge >= 0.3 is 0 Å². The number of hydrogen-bond donors (Lipinski definition) is 0. The second-order valence-electron chi connectivity index (χ2n) is 6.49. The van der Waals surface area contributed by atoms with E-state index in [1.165, 1.54) is 12.1 Å². The van der Waals surface area contributed by atoms with Crippen molar-refractivity contribution < 1.29 is 17.9 Å². The van der Waals surface area contributed by atoms with Gasteiger partial charge in [0, 0.05) is 17.7 Å². The lowest BCUT2D eigenvalue weighted by Crippen LogP contribution is -2.19. The molecule has 2 aromatic carbocycles. The van der Waals surface area contributed by atoms with Crippen LogP contribution in [-0.4, -0.2) is 6.61 Å². The van der Waals surface area contributed by atoms with Gasteiger partial charge in [0.15, 0.2) is 11.6 Å². The second-order valence-corrected chi connectivity index (χ2v) is 6.49. The van der Waals surface area contributed by atoms with Crippen LogP contribution < -0.4 is 0 Å². The van der Waals surface area contributed by atoms with Crippen LogP contribution in [-0.2, 0) is 11.2 Å². The van der Waals surface area contributed by atoms with E-state index in [1.54, 1.807) is 18.2 Å². The molecule has 0 N–H and O–H groups in total. The summed E-state index contributed by atoms with van der Waals surface area (Å²) >= 11 is 0. The number of ether oxygens (including phenoxy) is 1. The quantitative estimate of drug-likeness (QED) is 0.687. The average Bonchev–Trinajstić information content (AvgIpc) is 2.58. The van der Waals surface area contributed by atoms with Gasteiger partial charge in [-0.1, -0.05) is 38.1 Å². The Hall–Kier alpha value is -1.81. The molecular weight excluding hydrogens is 313 g/mol. The number of rotatable bonds is 3. The van der Waals surface area contributed by atoms with Crippen molar-refractivity contribution in [3.05, 3.63) is 58.9 Å². The van der Waals surface area contributed by atoms with Crippen molar-refractivity contribution in [3.63, 3.8) is 0 Å². The Bertz CT molecular complexity index is 734. The van der Waals surface area contributed by atoms with Crippen LogP contribution in [0, 0.1) is 23.4 Å². The molecule has 0 radical (unpaired) electrons. The molecule has 1 nitrogen and oxygen atoms in total. The summed E-state index contributed by atoms with van der Waals surface area (Å²) < 4.78 is 48.6. The van der Waals surface area contributed by atoms with Gasteiger partial charge < -0.3 is 4.74 Å². The lowest BCUT2D eigenvalue weighted by Gasteiger charge is -2.27. The monoisotopic (exact) mass is 334 g/mol. The van der Waals surface area contributed by atoms with E-state index in [1.807, 2.05) is 6.92 Å². The Morgan fingerprint density at radius 1 is 1.04 bits per heavy atom. The molecule has 3 rings (SSSR count). The summed E-state index contributed by atoms with van der Waals surface area (Å²) in [6.45, 7) is 4.47. The minimum Gasteiger partial charge on any atom is -0.373 e. The Labute approximate surface area is 140 Å². The van der Waals surface area contributed by atoms with Gasteiger partial charge in [-0.3, -0.25) is 0 Å². The molecule has 0 saturated carbocycles. The summed E-state index contributed by atoms with van der Waals surface area (Å²) in [6.07, 6.45) is 1.75. The molecule has 2 atom stereocenters. The van der Waals surface area contributed by atoms with Gasteiger partial charge in [-0.2, -0.15) is 0 Å². The molecule has 2 unspecified atom stereocenters.